The van der Waals surface area contributed by atoms with Crippen molar-refractivity contribution >= 4 is 46.4 Å². The molecule has 0 bridgehead atoms. The molecule has 1 unspecified atom stereocenters. The number of halogens is 4. The van der Waals surface area contributed by atoms with Crippen molar-refractivity contribution < 1.29 is 4.42 Å². The molecule has 90 valence electrons. The zero-order valence-corrected chi connectivity index (χ0v) is 11.6. The van der Waals surface area contributed by atoms with E-state index in [-0.39, 0.29) is 5.38 Å². The van der Waals surface area contributed by atoms with Gasteiger partial charge in [-0.25, -0.2) is 0 Å². The Morgan fingerprint density at radius 1 is 1.06 bits per heavy atom. The van der Waals surface area contributed by atoms with Crippen LogP contribution in [0.1, 0.15) is 16.5 Å². The largest absolute Gasteiger partial charge is 0.453 e. The number of hydrogen-bond acceptors (Lipinski definition) is 1. The number of benzene rings is 1. The molecular weight excluding hydrogens is 302 g/mol. The third-order valence-electron chi connectivity index (χ3n) is 2.38. The van der Waals surface area contributed by atoms with Crippen molar-refractivity contribution in [3.63, 3.8) is 0 Å². The molecule has 0 saturated heterocycles. The molecule has 0 amide bonds. The van der Waals surface area contributed by atoms with Gasteiger partial charge in [0.05, 0.1) is 21.7 Å². The summed E-state index contributed by atoms with van der Waals surface area (Å²) in [6.07, 6.45) is 2.12. The van der Waals surface area contributed by atoms with Gasteiger partial charge in [-0.15, -0.1) is 11.6 Å². The maximum atomic E-state index is 6.26. The standard InChI is InChI=1S/C12H8Cl4O/c13-9-2-1-7(6-11(9)15)5-10(14)8-3-4-17-12(8)16/h1-4,6,10H,5H2. The molecule has 1 atom stereocenters. The first kappa shape index (κ1) is 13.1. The van der Waals surface area contributed by atoms with Crippen LogP contribution < -0.4 is 0 Å². The fourth-order valence-electron chi connectivity index (χ4n) is 1.51. The van der Waals surface area contributed by atoms with E-state index < -0.39 is 0 Å². The number of furan rings is 1. The van der Waals surface area contributed by atoms with Gasteiger partial charge in [-0.2, -0.15) is 0 Å². The molecule has 0 saturated carbocycles. The SMILES string of the molecule is Clc1ccc(CC(Cl)c2ccoc2Cl)cc1Cl. The summed E-state index contributed by atoms with van der Waals surface area (Å²) in [5, 5.41) is 1.12. The van der Waals surface area contributed by atoms with E-state index in [2.05, 4.69) is 0 Å². The van der Waals surface area contributed by atoms with E-state index in [0.717, 1.165) is 11.1 Å². The van der Waals surface area contributed by atoms with Crippen molar-refractivity contribution in [2.45, 2.75) is 11.8 Å². The molecule has 1 heterocycles. The summed E-state index contributed by atoms with van der Waals surface area (Å²) in [6.45, 7) is 0. The van der Waals surface area contributed by atoms with Gasteiger partial charge in [-0.05, 0) is 41.8 Å². The molecule has 0 spiro atoms. The number of rotatable bonds is 3. The van der Waals surface area contributed by atoms with Crippen molar-refractivity contribution in [2.24, 2.45) is 0 Å². The van der Waals surface area contributed by atoms with Crippen LogP contribution >= 0.6 is 46.4 Å². The predicted octanol–water partition coefficient (Wildman–Crippen LogP) is 5.76. The van der Waals surface area contributed by atoms with Gasteiger partial charge in [0, 0.05) is 5.56 Å². The lowest BCUT2D eigenvalue weighted by Crippen LogP contribution is -1.95. The van der Waals surface area contributed by atoms with Gasteiger partial charge in [0.15, 0.2) is 5.22 Å². The molecule has 0 N–H and O–H groups in total. The van der Waals surface area contributed by atoms with Crippen LogP contribution in [-0.2, 0) is 6.42 Å². The van der Waals surface area contributed by atoms with Crippen LogP contribution in [0, 0.1) is 0 Å². The Morgan fingerprint density at radius 2 is 1.82 bits per heavy atom. The van der Waals surface area contributed by atoms with Crippen molar-refractivity contribution in [2.75, 3.05) is 0 Å². The Hall–Kier alpha value is -0.340. The summed E-state index contributed by atoms with van der Waals surface area (Å²) < 4.78 is 5.00. The van der Waals surface area contributed by atoms with Crippen molar-refractivity contribution in [1.29, 1.82) is 0 Å². The van der Waals surface area contributed by atoms with Gasteiger partial charge >= 0.3 is 0 Å². The Labute approximate surface area is 119 Å². The van der Waals surface area contributed by atoms with Crippen LogP contribution in [0.2, 0.25) is 15.3 Å². The van der Waals surface area contributed by atoms with Gasteiger partial charge < -0.3 is 4.42 Å². The topological polar surface area (TPSA) is 13.1 Å². The lowest BCUT2D eigenvalue weighted by Gasteiger charge is -2.08. The first-order valence-electron chi connectivity index (χ1n) is 4.89. The average molecular weight is 310 g/mol. The molecule has 5 heteroatoms. The quantitative estimate of drug-likeness (QED) is 0.657. The highest BCUT2D eigenvalue weighted by Crippen LogP contribution is 2.32. The minimum atomic E-state index is -0.251. The van der Waals surface area contributed by atoms with E-state index in [1.54, 1.807) is 18.2 Å². The number of hydrogen-bond donors (Lipinski definition) is 0. The first-order chi connectivity index (χ1) is 8.08. The molecule has 2 rings (SSSR count). The van der Waals surface area contributed by atoms with E-state index >= 15 is 0 Å². The second-order valence-electron chi connectivity index (χ2n) is 3.57. The fraction of sp³-hybridized carbons (Fsp3) is 0.167. The van der Waals surface area contributed by atoms with Crippen LogP contribution in [0.5, 0.6) is 0 Å². The molecule has 0 aliphatic carbocycles. The third-order valence-corrected chi connectivity index (χ3v) is 3.82. The molecular formula is C12H8Cl4O. The second kappa shape index (κ2) is 5.53. The minimum Gasteiger partial charge on any atom is -0.453 e. The molecule has 1 aromatic heterocycles. The fourth-order valence-corrected chi connectivity index (χ4v) is 2.48. The van der Waals surface area contributed by atoms with E-state index in [9.17, 15) is 0 Å². The van der Waals surface area contributed by atoms with Crippen LogP contribution in [0.3, 0.4) is 0 Å². The molecule has 1 nitrogen and oxygen atoms in total. The predicted molar refractivity (Wildman–Crippen MR) is 72.5 cm³/mol. The Kier molecular flexibility index (Phi) is 4.26. The molecule has 0 radical (unpaired) electrons. The summed E-state index contributed by atoms with van der Waals surface area (Å²) in [7, 11) is 0. The van der Waals surface area contributed by atoms with Crippen molar-refractivity contribution in [3.8, 4) is 0 Å². The van der Waals surface area contributed by atoms with Gasteiger partial charge in [0.25, 0.3) is 0 Å². The molecule has 0 aliphatic heterocycles. The molecule has 1 aromatic carbocycles. The summed E-state index contributed by atoms with van der Waals surface area (Å²) in [4.78, 5) is 0. The van der Waals surface area contributed by atoms with E-state index in [0.29, 0.717) is 21.7 Å². The molecule has 2 aromatic rings. The lowest BCUT2D eigenvalue weighted by molar-refractivity contribution is 0.565. The third kappa shape index (κ3) is 3.11. The highest BCUT2D eigenvalue weighted by molar-refractivity contribution is 6.42. The van der Waals surface area contributed by atoms with Crippen molar-refractivity contribution in [3.05, 3.63) is 56.9 Å². The monoisotopic (exact) mass is 308 g/mol. The van der Waals surface area contributed by atoms with Crippen LogP contribution in [-0.4, -0.2) is 0 Å². The van der Waals surface area contributed by atoms with E-state index in [1.165, 1.54) is 6.26 Å². The van der Waals surface area contributed by atoms with Gasteiger partial charge in [-0.1, -0.05) is 29.3 Å². The Morgan fingerprint density at radius 3 is 2.41 bits per heavy atom. The zero-order chi connectivity index (χ0) is 12.4. The van der Waals surface area contributed by atoms with Crippen LogP contribution in [0.25, 0.3) is 0 Å². The minimum absolute atomic E-state index is 0.251. The smallest absolute Gasteiger partial charge is 0.197 e. The van der Waals surface area contributed by atoms with E-state index in [4.69, 9.17) is 50.8 Å². The highest BCUT2D eigenvalue weighted by atomic mass is 35.5. The summed E-state index contributed by atoms with van der Waals surface area (Å²) in [5.74, 6) is 0. The summed E-state index contributed by atoms with van der Waals surface area (Å²) in [6, 6.07) is 7.20. The number of alkyl halides is 1. The normalized spacial score (nSPS) is 12.7. The summed E-state index contributed by atoms with van der Waals surface area (Å²) >= 11 is 23.9. The van der Waals surface area contributed by atoms with Gasteiger partial charge in [-0.3, -0.25) is 0 Å². The first-order valence-corrected chi connectivity index (χ1v) is 6.46. The highest BCUT2D eigenvalue weighted by Gasteiger charge is 2.15. The Bertz CT molecular complexity index is 521. The second-order valence-corrected chi connectivity index (χ2v) is 5.25. The van der Waals surface area contributed by atoms with Gasteiger partial charge in [0.1, 0.15) is 0 Å². The van der Waals surface area contributed by atoms with Crippen LogP contribution in [0.4, 0.5) is 0 Å². The van der Waals surface area contributed by atoms with Crippen molar-refractivity contribution in [1.82, 2.24) is 0 Å². The average Bonchev–Trinajstić information content (AvgIpc) is 2.70. The molecule has 0 aliphatic rings. The van der Waals surface area contributed by atoms with Crippen LogP contribution in [0.15, 0.2) is 34.9 Å². The lowest BCUT2D eigenvalue weighted by atomic mass is 10.1. The summed E-state index contributed by atoms with van der Waals surface area (Å²) in [5.41, 5.74) is 1.77. The Balaban J connectivity index is 2.16. The molecule has 0 fully saturated rings. The maximum absolute atomic E-state index is 6.26. The zero-order valence-electron chi connectivity index (χ0n) is 8.59. The maximum Gasteiger partial charge on any atom is 0.197 e. The molecule has 17 heavy (non-hydrogen) atoms. The van der Waals surface area contributed by atoms with E-state index in [1.807, 2.05) is 6.07 Å². The van der Waals surface area contributed by atoms with Gasteiger partial charge in [0.2, 0.25) is 0 Å².